The van der Waals surface area contributed by atoms with Gasteiger partial charge in [0.15, 0.2) is 11.5 Å². The van der Waals surface area contributed by atoms with Crippen LogP contribution in [0.25, 0.3) is 0 Å². The third-order valence-corrected chi connectivity index (χ3v) is 5.68. The van der Waals surface area contributed by atoms with E-state index in [9.17, 15) is 13.2 Å². The third-order valence-electron chi connectivity index (χ3n) is 2.83. The maximum absolute atomic E-state index is 12.1. The van der Waals surface area contributed by atoms with Crippen molar-refractivity contribution >= 4 is 27.3 Å². The molecule has 22 heavy (non-hydrogen) atoms. The molecular formula is C14H15NO5S2. The van der Waals surface area contributed by atoms with Crippen LogP contribution in [0.4, 0.5) is 0 Å². The number of ether oxygens (including phenoxy) is 2. The van der Waals surface area contributed by atoms with E-state index in [2.05, 4.69) is 0 Å². The Hall–Kier alpha value is -1.90. The third kappa shape index (κ3) is 3.29. The molecule has 1 aromatic carbocycles. The summed E-state index contributed by atoms with van der Waals surface area (Å²) in [5.41, 5.74) is 0. The molecule has 0 aliphatic carbocycles. The molecule has 0 fully saturated rings. The fourth-order valence-electron chi connectivity index (χ4n) is 1.63. The van der Waals surface area contributed by atoms with Crippen molar-refractivity contribution in [3.05, 3.63) is 40.6 Å². The molecule has 8 heteroatoms. The van der Waals surface area contributed by atoms with Crippen LogP contribution in [0.3, 0.4) is 0 Å². The molecule has 0 aliphatic heterocycles. The van der Waals surface area contributed by atoms with E-state index in [1.807, 2.05) is 0 Å². The summed E-state index contributed by atoms with van der Waals surface area (Å²) in [6, 6.07) is 8.03. The van der Waals surface area contributed by atoms with Gasteiger partial charge in [-0.15, -0.1) is 11.3 Å². The second-order valence-corrected chi connectivity index (χ2v) is 7.54. The first-order valence-corrected chi connectivity index (χ1v) is 8.54. The summed E-state index contributed by atoms with van der Waals surface area (Å²) in [6.07, 6.45) is 0. The number of esters is 1. The van der Waals surface area contributed by atoms with Crippen LogP contribution in [-0.2, 0) is 10.0 Å². The predicted octanol–water partition coefficient (Wildman–Crippen LogP) is 2.23. The van der Waals surface area contributed by atoms with Gasteiger partial charge >= 0.3 is 5.97 Å². The molecule has 0 radical (unpaired) electrons. The van der Waals surface area contributed by atoms with Crippen LogP contribution in [0, 0.1) is 0 Å². The van der Waals surface area contributed by atoms with E-state index < -0.39 is 16.0 Å². The van der Waals surface area contributed by atoms with E-state index in [-0.39, 0.29) is 15.5 Å². The zero-order valence-corrected chi connectivity index (χ0v) is 13.9. The first-order chi connectivity index (χ1) is 10.4. The Morgan fingerprint density at radius 2 is 1.82 bits per heavy atom. The Kier molecular flexibility index (Phi) is 4.84. The van der Waals surface area contributed by atoms with Crippen molar-refractivity contribution in [3.8, 4) is 11.5 Å². The fourth-order valence-corrected chi connectivity index (χ4v) is 3.66. The fraction of sp³-hybridized carbons (Fsp3) is 0.214. The summed E-state index contributed by atoms with van der Waals surface area (Å²) in [4.78, 5) is 12.4. The Morgan fingerprint density at radius 1 is 1.18 bits per heavy atom. The van der Waals surface area contributed by atoms with Crippen LogP contribution in [0.1, 0.15) is 9.67 Å². The molecule has 0 saturated carbocycles. The van der Waals surface area contributed by atoms with Crippen LogP contribution >= 0.6 is 11.3 Å². The molecule has 0 atom stereocenters. The second kappa shape index (κ2) is 6.47. The quantitative estimate of drug-likeness (QED) is 0.616. The van der Waals surface area contributed by atoms with E-state index >= 15 is 0 Å². The summed E-state index contributed by atoms with van der Waals surface area (Å²) in [5.74, 6) is 0.0728. The number of carbonyl (C=O) groups excluding carboxylic acids is 1. The van der Waals surface area contributed by atoms with Gasteiger partial charge in [0.1, 0.15) is 4.88 Å². The van der Waals surface area contributed by atoms with Crippen molar-refractivity contribution in [2.24, 2.45) is 0 Å². The van der Waals surface area contributed by atoms with Crippen molar-refractivity contribution in [2.45, 2.75) is 4.90 Å². The number of hydrogen-bond acceptors (Lipinski definition) is 6. The monoisotopic (exact) mass is 341 g/mol. The summed E-state index contributed by atoms with van der Waals surface area (Å²) >= 11 is 1.01. The van der Waals surface area contributed by atoms with Crippen LogP contribution < -0.4 is 9.47 Å². The highest BCUT2D eigenvalue weighted by Gasteiger charge is 2.22. The molecule has 0 aliphatic rings. The highest BCUT2D eigenvalue weighted by atomic mass is 32.2. The lowest BCUT2D eigenvalue weighted by Crippen LogP contribution is -2.21. The van der Waals surface area contributed by atoms with E-state index in [1.165, 1.54) is 32.7 Å². The standard InChI is InChI=1S/C14H15NO5S2/c1-15(2)22(17,18)10-8-13(21-9-10)14(16)20-12-7-5-4-6-11(12)19-3/h4-9H,1-3H3. The number of rotatable bonds is 5. The van der Waals surface area contributed by atoms with Gasteiger partial charge in [-0.3, -0.25) is 0 Å². The maximum Gasteiger partial charge on any atom is 0.353 e. The first kappa shape index (κ1) is 16.5. The van der Waals surface area contributed by atoms with Crippen molar-refractivity contribution in [1.82, 2.24) is 4.31 Å². The van der Waals surface area contributed by atoms with Crippen LogP contribution in [0.5, 0.6) is 11.5 Å². The number of thiophene rings is 1. The maximum atomic E-state index is 12.1. The molecule has 6 nitrogen and oxygen atoms in total. The van der Waals surface area contributed by atoms with Crippen molar-refractivity contribution < 1.29 is 22.7 Å². The molecule has 2 aromatic rings. The van der Waals surface area contributed by atoms with Gasteiger partial charge in [-0.25, -0.2) is 17.5 Å². The summed E-state index contributed by atoms with van der Waals surface area (Å²) in [6.45, 7) is 0. The average molecular weight is 341 g/mol. The van der Waals surface area contributed by atoms with Gasteiger partial charge in [0.2, 0.25) is 10.0 Å². The Bertz CT molecular complexity index is 780. The molecule has 2 rings (SSSR count). The van der Waals surface area contributed by atoms with Crippen LogP contribution in [-0.4, -0.2) is 39.9 Å². The largest absolute Gasteiger partial charge is 0.493 e. The Morgan fingerprint density at radius 3 is 2.41 bits per heavy atom. The minimum absolute atomic E-state index is 0.0643. The zero-order valence-electron chi connectivity index (χ0n) is 12.3. The highest BCUT2D eigenvalue weighted by molar-refractivity contribution is 7.89. The average Bonchev–Trinajstić information content (AvgIpc) is 2.98. The minimum atomic E-state index is -3.56. The number of hydrogen-bond donors (Lipinski definition) is 0. The number of nitrogens with zero attached hydrogens (tertiary/aromatic N) is 1. The Balaban J connectivity index is 2.23. The van der Waals surface area contributed by atoms with Gasteiger partial charge in [0, 0.05) is 19.5 Å². The van der Waals surface area contributed by atoms with Crippen molar-refractivity contribution in [2.75, 3.05) is 21.2 Å². The number of methoxy groups -OCH3 is 1. The highest BCUT2D eigenvalue weighted by Crippen LogP contribution is 2.28. The first-order valence-electron chi connectivity index (χ1n) is 6.22. The Labute approximate surface area is 132 Å². The second-order valence-electron chi connectivity index (χ2n) is 4.47. The molecule has 0 amide bonds. The van der Waals surface area contributed by atoms with Gasteiger partial charge in [0.05, 0.1) is 12.0 Å². The van der Waals surface area contributed by atoms with E-state index in [1.54, 1.807) is 24.3 Å². The predicted molar refractivity (Wildman–Crippen MR) is 83.1 cm³/mol. The molecule has 1 aromatic heterocycles. The van der Waals surface area contributed by atoms with Gasteiger partial charge in [-0.1, -0.05) is 12.1 Å². The van der Waals surface area contributed by atoms with E-state index in [4.69, 9.17) is 9.47 Å². The van der Waals surface area contributed by atoms with Crippen molar-refractivity contribution in [1.29, 1.82) is 0 Å². The molecule has 0 spiro atoms. The number of para-hydroxylation sites is 2. The van der Waals surface area contributed by atoms with Crippen molar-refractivity contribution in [3.63, 3.8) is 0 Å². The van der Waals surface area contributed by atoms with Gasteiger partial charge < -0.3 is 9.47 Å². The number of benzene rings is 1. The van der Waals surface area contributed by atoms with Gasteiger partial charge in [0.25, 0.3) is 0 Å². The summed E-state index contributed by atoms with van der Waals surface area (Å²) in [5, 5.41) is 1.41. The minimum Gasteiger partial charge on any atom is -0.493 e. The molecular weight excluding hydrogens is 326 g/mol. The smallest absolute Gasteiger partial charge is 0.353 e. The molecule has 118 valence electrons. The molecule has 1 heterocycles. The topological polar surface area (TPSA) is 72.9 Å². The number of sulfonamides is 1. The van der Waals surface area contributed by atoms with Crippen LogP contribution in [0.2, 0.25) is 0 Å². The van der Waals surface area contributed by atoms with E-state index in [0.717, 1.165) is 15.6 Å². The zero-order chi connectivity index (χ0) is 16.3. The molecule has 0 N–H and O–H groups in total. The normalized spacial score (nSPS) is 11.5. The summed E-state index contributed by atoms with van der Waals surface area (Å²) in [7, 11) is 0.769. The number of carbonyl (C=O) groups is 1. The lowest BCUT2D eigenvalue weighted by Gasteiger charge is -2.09. The molecule has 0 bridgehead atoms. The lowest BCUT2D eigenvalue weighted by atomic mass is 10.3. The molecule has 0 saturated heterocycles. The SMILES string of the molecule is COc1ccccc1OC(=O)c1cc(S(=O)(=O)N(C)C)cs1. The molecule has 0 unspecified atom stereocenters. The lowest BCUT2D eigenvalue weighted by molar-refractivity contribution is 0.0734. The summed E-state index contributed by atoms with van der Waals surface area (Å²) < 4.78 is 35.4. The van der Waals surface area contributed by atoms with E-state index in [0.29, 0.717) is 5.75 Å². The van der Waals surface area contributed by atoms with Gasteiger partial charge in [-0.05, 0) is 18.2 Å². The van der Waals surface area contributed by atoms with Gasteiger partial charge in [-0.2, -0.15) is 0 Å². The van der Waals surface area contributed by atoms with Crippen LogP contribution in [0.15, 0.2) is 40.6 Å².